The number of carboxylic acid groups (broad SMARTS) is 1. The molecule has 0 saturated carbocycles. The standard InChI is InChI=1S/C43H45ClN6O7S2/c44-34-16-12-31(13-17-34)39-11-5-4-7-33(39)29-48-23-25-49(26-24-48)36-18-14-32(15-19-36)43(53)47-59(56,57)38-20-21-40(41(27-38)50(54)55)46-35(8-6-22-45-28-42(51)52)30-58-37-9-2-1-3-10-37/h1-5,7,9-21,27,35,45-46H,6,8,22-26,28-30H2,(H,47,53)(H,51,52)/t35-/m1/s1. The summed E-state index contributed by atoms with van der Waals surface area (Å²) in [5.41, 5.74) is 4.20. The summed E-state index contributed by atoms with van der Waals surface area (Å²) in [5.74, 6) is -1.30. The SMILES string of the molecule is O=C(O)CNCCC[C@H](CSc1ccccc1)Nc1ccc(S(=O)(=O)NC(=O)c2ccc(N3CCN(Cc4ccccc4-c4ccc(Cl)cc4)CC3)cc2)cc1[N+](=O)[O-]. The molecule has 1 fully saturated rings. The Morgan fingerprint density at radius 1 is 0.881 bits per heavy atom. The van der Waals surface area contributed by atoms with Crippen LogP contribution in [0.15, 0.2) is 131 Å². The lowest BCUT2D eigenvalue weighted by Crippen LogP contribution is -2.46. The molecule has 1 saturated heterocycles. The lowest BCUT2D eigenvalue weighted by atomic mass is 9.99. The number of nitrogens with one attached hydrogen (secondary N) is 3. The number of thioether (sulfide) groups is 1. The molecule has 0 spiro atoms. The van der Waals surface area contributed by atoms with Crippen LogP contribution in [0, 0.1) is 10.1 Å². The minimum absolute atomic E-state index is 0.122. The van der Waals surface area contributed by atoms with Gasteiger partial charge in [0.25, 0.3) is 21.6 Å². The van der Waals surface area contributed by atoms with Crippen LogP contribution in [0.1, 0.15) is 28.8 Å². The summed E-state index contributed by atoms with van der Waals surface area (Å²) in [6, 6.07) is 35.7. The molecule has 308 valence electrons. The van der Waals surface area contributed by atoms with Crippen LogP contribution in [-0.4, -0.2) is 86.3 Å². The number of hydrogen-bond donors (Lipinski definition) is 4. The van der Waals surface area contributed by atoms with E-state index in [0.717, 1.165) is 54.9 Å². The molecule has 1 heterocycles. The second-order valence-corrected chi connectivity index (χ2v) is 17.2. The highest BCUT2D eigenvalue weighted by atomic mass is 35.5. The van der Waals surface area contributed by atoms with E-state index >= 15 is 0 Å². The predicted molar refractivity (Wildman–Crippen MR) is 233 cm³/mol. The third-order valence-corrected chi connectivity index (χ3v) is 12.6. The van der Waals surface area contributed by atoms with Crippen LogP contribution in [0.4, 0.5) is 17.1 Å². The number of halogens is 1. The van der Waals surface area contributed by atoms with Crippen molar-refractivity contribution in [2.24, 2.45) is 0 Å². The molecule has 16 heteroatoms. The van der Waals surface area contributed by atoms with Crippen molar-refractivity contribution in [1.82, 2.24) is 14.9 Å². The second kappa shape index (κ2) is 20.5. The smallest absolute Gasteiger partial charge is 0.317 e. The van der Waals surface area contributed by atoms with E-state index in [1.54, 1.807) is 36.0 Å². The number of piperazine rings is 1. The van der Waals surface area contributed by atoms with Crippen LogP contribution in [-0.2, 0) is 21.4 Å². The number of sulfonamides is 1. The monoisotopic (exact) mass is 856 g/mol. The summed E-state index contributed by atoms with van der Waals surface area (Å²) in [7, 11) is -4.48. The van der Waals surface area contributed by atoms with E-state index in [1.165, 1.54) is 23.3 Å². The minimum atomic E-state index is -4.48. The van der Waals surface area contributed by atoms with Crippen LogP contribution >= 0.6 is 23.4 Å². The number of carbonyl (C=O) groups excluding carboxylic acids is 1. The van der Waals surface area contributed by atoms with Gasteiger partial charge in [-0.25, -0.2) is 13.1 Å². The van der Waals surface area contributed by atoms with E-state index in [-0.39, 0.29) is 23.8 Å². The van der Waals surface area contributed by atoms with E-state index < -0.39 is 37.4 Å². The largest absolute Gasteiger partial charge is 0.480 e. The van der Waals surface area contributed by atoms with Gasteiger partial charge >= 0.3 is 5.97 Å². The van der Waals surface area contributed by atoms with Gasteiger partial charge in [0.2, 0.25) is 0 Å². The summed E-state index contributed by atoms with van der Waals surface area (Å²) in [6.45, 7) is 4.24. The average Bonchev–Trinajstić information content (AvgIpc) is 3.23. The van der Waals surface area contributed by atoms with Crippen LogP contribution in [0.5, 0.6) is 0 Å². The number of benzene rings is 5. The van der Waals surface area contributed by atoms with Crippen molar-refractivity contribution in [2.75, 3.05) is 55.2 Å². The fourth-order valence-corrected chi connectivity index (χ4v) is 8.90. The first-order chi connectivity index (χ1) is 28.4. The van der Waals surface area contributed by atoms with Crippen LogP contribution in [0.2, 0.25) is 5.02 Å². The van der Waals surface area contributed by atoms with E-state index in [0.29, 0.717) is 30.2 Å². The van der Waals surface area contributed by atoms with Gasteiger partial charge < -0.3 is 20.6 Å². The normalized spacial score (nSPS) is 13.7. The van der Waals surface area contributed by atoms with Gasteiger partial charge in [-0.15, -0.1) is 11.8 Å². The van der Waals surface area contributed by atoms with E-state index in [4.69, 9.17) is 16.7 Å². The molecule has 0 aromatic heterocycles. The second-order valence-electron chi connectivity index (χ2n) is 14.0. The molecule has 1 atom stereocenters. The number of nitrogens with zero attached hydrogens (tertiary/aromatic N) is 3. The van der Waals surface area contributed by atoms with Gasteiger partial charge in [0.15, 0.2) is 0 Å². The molecule has 4 N–H and O–H groups in total. The molecule has 0 bridgehead atoms. The van der Waals surface area contributed by atoms with Crippen molar-refractivity contribution in [3.63, 3.8) is 0 Å². The fourth-order valence-electron chi connectivity index (χ4n) is 6.79. The Kier molecular flexibility index (Phi) is 15.0. The molecule has 0 unspecified atom stereocenters. The molecular weight excluding hydrogens is 812 g/mol. The maximum atomic E-state index is 13.4. The third kappa shape index (κ3) is 12.3. The topological polar surface area (TPSA) is 174 Å². The Bertz CT molecular complexity index is 2330. The number of nitro benzene ring substituents is 1. The summed E-state index contributed by atoms with van der Waals surface area (Å²) in [4.78, 5) is 40.8. The molecular formula is C43H45ClN6O7S2. The molecule has 1 amide bonds. The van der Waals surface area contributed by atoms with Crippen LogP contribution in [0.25, 0.3) is 11.1 Å². The number of anilines is 2. The van der Waals surface area contributed by atoms with Crippen molar-refractivity contribution in [2.45, 2.75) is 35.2 Å². The highest BCUT2D eigenvalue weighted by Crippen LogP contribution is 2.31. The number of carboxylic acids is 1. The molecule has 1 aliphatic heterocycles. The Hall–Kier alpha value is -5.45. The van der Waals surface area contributed by atoms with Gasteiger partial charge in [-0.1, -0.05) is 66.2 Å². The number of nitro groups is 1. The van der Waals surface area contributed by atoms with Crippen molar-refractivity contribution >= 4 is 62.3 Å². The van der Waals surface area contributed by atoms with Gasteiger partial charge in [0.05, 0.1) is 16.4 Å². The summed E-state index contributed by atoms with van der Waals surface area (Å²) < 4.78 is 28.8. The third-order valence-electron chi connectivity index (χ3n) is 9.87. The Balaban J connectivity index is 1.05. The highest BCUT2D eigenvalue weighted by Gasteiger charge is 2.26. The average molecular weight is 857 g/mol. The quantitative estimate of drug-likeness (QED) is 0.0281. The number of carbonyl (C=O) groups is 2. The van der Waals surface area contributed by atoms with Crippen molar-refractivity contribution < 1.29 is 28.0 Å². The zero-order chi connectivity index (χ0) is 41.8. The zero-order valence-electron chi connectivity index (χ0n) is 32.1. The lowest BCUT2D eigenvalue weighted by Gasteiger charge is -2.36. The zero-order valence-corrected chi connectivity index (χ0v) is 34.5. The van der Waals surface area contributed by atoms with Crippen molar-refractivity contribution in [1.29, 1.82) is 0 Å². The Labute approximate surface area is 353 Å². The van der Waals surface area contributed by atoms with Crippen LogP contribution in [0.3, 0.4) is 0 Å². The van der Waals surface area contributed by atoms with Gasteiger partial charge in [-0.3, -0.25) is 24.6 Å². The van der Waals surface area contributed by atoms with Gasteiger partial charge in [-0.05, 0) is 96.7 Å². The minimum Gasteiger partial charge on any atom is -0.480 e. The van der Waals surface area contributed by atoms with E-state index in [9.17, 15) is 28.1 Å². The summed E-state index contributed by atoms with van der Waals surface area (Å²) in [5, 5.41) is 27.9. The Morgan fingerprint density at radius 3 is 2.27 bits per heavy atom. The molecule has 13 nitrogen and oxygen atoms in total. The van der Waals surface area contributed by atoms with Gasteiger partial charge in [0, 0.05) is 71.8 Å². The predicted octanol–water partition coefficient (Wildman–Crippen LogP) is 7.38. The maximum absolute atomic E-state index is 13.4. The molecule has 0 radical (unpaired) electrons. The number of rotatable bonds is 19. The molecule has 1 aliphatic rings. The van der Waals surface area contributed by atoms with Crippen molar-refractivity contribution in [3.8, 4) is 11.1 Å². The molecule has 6 rings (SSSR count). The van der Waals surface area contributed by atoms with E-state index in [2.05, 4.69) is 37.3 Å². The molecule has 5 aromatic rings. The summed E-state index contributed by atoms with van der Waals surface area (Å²) in [6.07, 6.45) is 1.14. The fraction of sp³-hybridized carbons (Fsp3) is 0.256. The molecule has 5 aromatic carbocycles. The Morgan fingerprint density at radius 2 is 1.58 bits per heavy atom. The first-order valence-electron chi connectivity index (χ1n) is 19.1. The van der Waals surface area contributed by atoms with Crippen LogP contribution < -0.4 is 20.3 Å². The maximum Gasteiger partial charge on any atom is 0.317 e. The lowest BCUT2D eigenvalue weighted by molar-refractivity contribution is -0.384. The first kappa shape index (κ1) is 43.1. The van der Waals surface area contributed by atoms with Gasteiger partial charge in [0.1, 0.15) is 5.69 Å². The first-order valence-corrected chi connectivity index (χ1v) is 21.9. The number of hydrogen-bond acceptors (Lipinski definition) is 11. The van der Waals surface area contributed by atoms with Crippen molar-refractivity contribution in [3.05, 3.63) is 148 Å². The summed E-state index contributed by atoms with van der Waals surface area (Å²) >= 11 is 7.67. The van der Waals surface area contributed by atoms with Gasteiger partial charge in [-0.2, -0.15) is 0 Å². The number of aliphatic carboxylic acids is 1. The molecule has 0 aliphatic carbocycles. The number of amides is 1. The highest BCUT2D eigenvalue weighted by molar-refractivity contribution is 7.99. The van der Waals surface area contributed by atoms with E-state index in [1.807, 2.05) is 66.7 Å². The molecule has 59 heavy (non-hydrogen) atoms.